The molecule has 0 saturated carbocycles. The van der Waals surface area contributed by atoms with Crippen LogP contribution in [0.3, 0.4) is 0 Å². The molecule has 2 heterocycles. The first-order valence-corrected chi connectivity index (χ1v) is 12.1. The lowest BCUT2D eigenvalue weighted by atomic mass is 9.86. The zero-order valence-electron chi connectivity index (χ0n) is 22.5. The van der Waals surface area contributed by atoms with Crippen LogP contribution >= 0.6 is 0 Å². The van der Waals surface area contributed by atoms with Crippen LogP contribution in [0.25, 0.3) is 0 Å². The van der Waals surface area contributed by atoms with Crippen molar-refractivity contribution < 1.29 is 19.3 Å². The van der Waals surface area contributed by atoms with Crippen molar-refractivity contribution in [1.29, 1.82) is 0 Å². The van der Waals surface area contributed by atoms with E-state index in [2.05, 4.69) is 57.8 Å². The summed E-state index contributed by atoms with van der Waals surface area (Å²) in [5.41, 5.74) is 4.41. The number of H-pyrrole nitrogens is 1. The first-order valence-electron chi connectivity index (χ1n) is 12.1. The number of methoxy groups -OCH3 is 2. The van der Waals surface area contributed by atoms with Gasteiger partial charge in [-0.05, 0) is 47.0 Å². The third kappa shape index (κ3) is 6.42. The van der Waals surface area contributed by atoms with Crippen LogP contribution in [-0.4, -0.2) is 42.1 Å². The maximum Gasteiger partial charge on any atom is 0.238 e. The van der Waals surface area contributed by atoms with Gasteiger partial charge >= 0.3 is 0 Å². The number of aromatic amines is 1. The van der Waals surface area contributed by atoms with E-state index in [0.29, 0.717) is 23.8 Å². The zero-order chi connectivity index (χ0) is 25.8. The van der Waals surface area contributed by atoms with Gasteiger partial charge in [-0.1, -0.05) is 55.7 Å². The predicted octanol–water partition coefficient (Wildman–Crippen LogP) is 5.28. The molecule has 6 heteroatoms. The second-order valence-electron chi connectivity index (χ2n) is 10.2. The largest absolute Gasteiger partial charge is 0.488 e. The van der Waals surface area contributed by atoms with Gasteiger partial charge in [0.05, 0.1) is 26.4 Å². The third-order valence-corrected chi connectivity index (χ3v) is 6.67. The molecule has 0 aromatic carbocycles. The van der Waals surface area contributed by atoms with Crippen molar-refractivity contribution in [3.8, 4) is 11.6 Å². The molecule has 0 amide bonds. The molecule has 1 aliphatic heterocycles. The number of ether oxygens (including phenoxy) is 3. The summed E-state index contributed by atoms with van der Waals surface area (Å²) in [4.78, 5) is 15.7. The van der Waals surface area contributed by atoms with Crippen LogP contribution < -0.4 is 14.9 Å². The molecule has 1 aliphatic rings. The summed E-state index contributed by atoms with van der Waals surface area (Å²) in [6.45, 7) is 16.4. The molecule has 2 N–H and O–H groups in total. The lowest BCUT2D eigenvalue weighted by molar-refractivity contribution is 0.0563. The highest BCUT2D eigenvalue weighted by atomic mass is 16.6. The molecule has 2 unspecified atom stereocenters. The molecule has 1 aromatic rings. The summed E-state index contributed by atoms with van der Waals surface area (Å²) < 4.78 is 16.3. The Morgan fingerprint density at radius 3 is 2.35 bits per heavy atom. The topological polar surface area (TPSA) is 84.1 Å². The fourth-order valence-electron chi connectivity index (χ4n) is 4.81. The van der Waals surface area contributed by atoms with Crippen molar-refractivity contribution in [2.75, 3.05) is 14.2 Å². The fraction of sp³-hybridized carbons (Fsp3) is 0.607. The molecule has 0 bridgehead atoms. The van der Waals surface area contributed by atoms with E-state index in [-0.39, 0.29) is 23.2 Å². The van der Waals surface area contributed by atoms with Crippen molar-refractivity contribution in [3.05, 3.63) is 56.4 Å². The van der Waals surface area contributed by atoms with Gasteiger partial charge < -0.3 is 24.3 Å². The van der Waals surface area contributed by atoms with Gasteiger partial charge in [-0.15, -0.1) is 0 Å². The Hall–Kier alpha value is -2.31. The van der Waals surface area contributed by atoms with Crippen molar-refractivity contribution in [1.82, 2.24) is 4.98 Å². The number of hydrogen-bond acceptors (Lipinski definition) is 5. The minimum atomic E-state index is -0.530. The van der Waals surface area contributed by atoms with Crippen molar-refractivity contribution in [3.63, 3.8) is 0 Å². The normalized spacial score (nSPS) is 23.2. The monoisotopic (exact) mass is 473 g/mol. The van der Waals surface area contributed by atoms with Gasteiger partial charge in [0.1, 0.15) is 5.60 Å². The number of aliphatic hydroxyl groups excluding tert-OH is 1. The van der Waals surface area contributed by atoms with Crippen LogP contribution in [0.5, 0.6) is 11.6 Å². The molecule has 190 valence electrons. The minimum Gasteiger partial charge on any atom is -0.488 e. The average molecular weight is 474 g/mol. The second-order valence-corrected chi connectivity index (χ2v) is 10.2. The highest BCUT2D eigenvalue weighted by molar-refractivity contribution is 5.40. The van der Waals surface area contributed by atoms with E-state index < -0.39 is 11.7 Å². The van der Waals surface area contributed by atoms with Crippen LogP contribution in [-0.2, 0) is 11.2 Å². The van der Waals surface area contributed by atoms with Gasteiger partial charge in [-0.2, -0.15) is 0 Å². The standard InChI is InChI=1S/C28H43NO5/c1-16(2)26-28(8,34-26)25(31)20(6)15-19(5)14-18(4)13-17(3)11-12-22-21(7)23(30)24(32-9)27(29-22)33-10/h11,14-16,20,25-26,31H,12-13H2,1-10H3,(H,29,30)/b17-11+,18-14+,19-15+/t20-,25-,26?,28?/m1/s1. The van der Waals surface area contributed by atoms with Gasteiger partial charge in [0.25, 0.3) is 0 Å². The Kier molecular flexibility index (Phi) is 9.37. The molecule has 0 radical (unpaired) electrons. The van der Waals surface area contributed by atoms with Crippen molar-refractivity contribution in [2.45, 2.75) is 86.0 Å². The Balaban J connectivity index is 2.05. The molecule has 0 spiro atoms. The van der Waals surface area contributed by atoms with Crippen LogP contribution in [0.4, 0.5) is 0 Å². The maximum absolute atomic E-state index is 12.5. The number of aliphatic hydroxyl groups is 1. The molecule has 1 saturated heterocycles. The van der Waals surface area contributed by atoms with Crippen LogP contribution in [0.2, 0.25) is 0 Å². The van der Waals surface area contributed by atoms with E-state index in [1.165, 1.54) is 25.4 Å². The first-order chi connectivity index (χ1) is 15.8. The molecule has 1 aromatic heterocycles. The van der Waals surface area contributed by atoms with Gasteiger partial charge in [0, 0.05) is 23.6 Å². The average Bonchev–Trinajstić information content (AvgIpc) is 3.46. The summed E-state index contributed by atoms with van der Waals surface area (Å²) in [6.07, 6.45) is 7.44. The molecule has 0 aliphatic carbocycles. The number of nitrogens with one attached hydrogen (secondary N) is 1. The first kappa shape index (κ1) is 27.9. The molecule has 2 rings (SSSR count). The zero-order valence-corrected chi connectivity index (χ0v) is 22.5. The number of pyridine rings is 1. The molecular formula is C28H43NO5. The molecule has 4 atom stereocenters. The van der Waals surface area contributed by atoms with E-state index in [1.54, 1.807) is 6.92 Å². The third-order valence-electron chi connectivity index (χ3n) is 6.67. The Morgan fingerprint density at radius 1 is 1.18 bits per heavy atom. The van der Waals surface area contributed by atoms with E-state index in [1.807, 2.05) is 13.8 Å². The Bertz CT molecular complexity index is 1020. The highest BCUT2D eigenvalue weighted by Crippen LogP contribution is 2.46. The highest BCUT2D eigenvalue weighted by Gasteiger charge is 2.59. The summed E-state index contributed by atoms with van der Waals surface area (Å²) in [6, 6.07) is 0. The Morgan fingerprint density at radius 2 is 1.82 bits per heavy atom. The fourth-order valence-corrected chi connectivity index (χ4v) is 4.81. The smallest absolute Gasteiger partial charge is 0.238 e. The number of hydrogen-bond donors (Lipinski definition) is 2. The summed E-state index contributed by atoms with van der Waals surface area (Å²) >= 11 is 0. The molecule has 34 heavy (non-hydrogen) atoms. The van der Waals surface area contributed by atoms with Crippen LogP contribution in [0.1, 0.15) is 66.1 Å². The molecule has 6 nitrogen and oxygen atoms in total. The Labute approximate surface area is 204 Å². The van der Waals surface area contributed by atoms with E-state index in [4.69, 9.17) is 14.2 Å². The van der Waals surface area contributed by atoms with E-state index >= 15 is 0 Å². The molecular weight excluding hydrogens is 430 g/mol. The van der Waals surface area contributed by atoms with Crippen molar-refractivity contribution >= 4 is 0 Å². The lowest BCUT2D eigenvalue weighted by Crippen LogP contribution is -2.35. The summed E-state index contributed by atoms with van der Waals surface area (Å²) in [7, 11) is 2.98. The number of allylic oxidation sites excluding steroid dienone is 5. The lowest BCUT2D eigenvalue weighted by Gasteiger charge is -2.21. The number of rotatable bonds is 11. The predicted molar refractivity (Wildman–Crippen MR) is 138 cm³/mol. The van der Waals surface area contributed by atoms with Gasteiger partial charge in [-0.25, -0.2) is 0 Å². The van der Waals surface area contributed by atoms with E-state index in [9.17, 15) is 9.90 Å². The number of epoxide rings is 1. The number of aromatic nitrogens is 1. The van der Waals surface area contributed by atoms with Crippen molar-refractivity contribution in [2.24, 2.45) is 11.8 Å². The van der Waals surface area contributed by atoms with Gasteiger partial charge in [0.2, 0.25) is 17.1 Å². The van der Waals surface area contributed by atoms with E-state index in [0.717, 1.165) is 17.7 Å². The SMILES string of the molecule is COc1[nH]c(C/C=C(\C)C/C(C)=C/C(C)=C/[C@@H](C)[C@@H](O)C2(C)OC2C(C)C)c(C)c(=O)c1OC. The quantitative estimate of drug-likeness (QED) is 0.259. The van der Waals surface area contributed by atoms with Crippen LogP contribution in [0.15, 0.2) is 39.7 Å². The molecule has 1 fully saturated rings. The maximum atomic E-state index is 12.5. The van der Waals surface area contributed by atoms with Gasteiger partial charge in [-0.3, -0.25) is 4.79 Å². The van der Waals surface area contributed by atoms with Crippen LogP contribution in [0, 0.1) is 18.8 Å². The summed E-state index contributed by atoms with van der Waals surface area (Å²) in [5, 5.41) is 10.8. The summed E-state index contributed by atoms with van der Waals surface area (Å²) in [5.74, 6) is 0.943. The minimum absolute atomic E-state index is 0.000657. The second kappa shape index (κ2) is 11.4. The van der Waals surface area contributed by atoms with Gasteiger partial charge in [0.15, 0.2) is 0 Å².